The first-order valence-electron chi connectivity index (χ1n) is 6.61. The Kier molecular flexibility index (Phi) is 4.03. The molecule has 108 valence electrons. The second-order valence-corrected chi connectivity index (χ2v) is 6.01. The minimum Gasteiger partial charge on any atom is -0.278 e. The zero-order valence-electron chi connectivity index (χ0n) is 11.2. The van der Waals surface area contributed by atoms with Gasteiger partial charge < -0.3 is 0 Å². The maximum Gasteiger partial charge on any atom is 0.260 e. The lowest BCUT2D eigenvalue weighted by Crippen LogP contribution is -2.43. The second-order valence-electron chi connectivity index (χ2n) is 4.80. The SMILES string of the molecule is O=C1Cc2ccccc2C(=O)N1CCc1nc(CCl)cs1. The number of amides is 2. The Balaban J connectivity index is 1.74. The monoisotopic (exact) mass is 320 g/mol. The Morgan fingerprint density at radius 3 is 2.86 bits per heavy atom. The van der Waals surface area contributed by atoms with E-state index >= 15 is 0 Å². The molecule has 2 aromatic rings. The highest BCUT2D eigenvalue weighted by Crippen LogP contribution is 2.20. The van der Waals surface area contributed by atoms with Crippen LogP contribution in [0.3, 0.4) is 0 Å². The number of carbonyl (C=O) groups is 2. The number of imide groups is 1. The number of aromatic nitrogens is 1. The number of alkyl halides is 1. The van der Waals surface area contributed by atoms with Crippen molar-refractivity contribution in [2.45, 2.75) is 18.7 Å². The van der Waals surface area contributed by atoms with Gasteiger partial charge in [0.25, 0.3) is 5.91 Å². The first-order chi connectivity index (χ1) is 10.2. The number of thiazole rings is 1. The van der Waals surface area contributed by atoms with Gasteiger partial charge in [0.05, 0.1) is 23.0 Å². The van der Waals surface area contributed by atoms with E-state index in [0.717, 1.165) is 16.3 Å². The van der Waals surface area contributed by atoms with Crippen molar-refractivity contribution in [3.05, 3.63) is 51.5 Å². The average molecular weight is 321 g/mol. The van der Waals surface area contributed by atoms with Crippen LogP contribution in [0.15, 0.2) is 29.6 Å². The number of rotatable bonds is 4. The van der Waals surface area contributed by atoms with Crippen molar-refractivity contribution in [1.82, 2.24) is 9.88 Å². The molecule has 0 saturated carbocycles. The molecule has 0 radical (unpaired) electrons. The molecule has 4 nitrogen and oxygen atoms in total. The molecule has 0 aliphatic carbocycles. The van der Waals surface area contributed by atoms with Crippen molar-refractivity contribution >= 4 is 34.8 Å². The third kappa shape index (κ3) is 2.84. The van der Waals surface area contributed by atoms with E-state index in [9.17, 15) is 9.59 Å². The molecule has 2 amide bonds. The van der Waals surface area contributed by atoms with Gasteiger partial charge in [-0.25, -0.2) is 4.98 Å². The van der Waals surface area contributed by atoms with E-state index in [1.54, 1.807) is 6.07 Å². The van der Waals surface area contributed by atoms with Crippen LogP contribution in [0.2, 0.25) is 0 Å². The molecule has 6 heteroatoms. The van der Waals surface area contributed by atoms with Crippen molar-refractivity contribution in [3.8, 4) is 0 Å². The fraction of sp³-hybridized carbons (Fsp3) is 0.267. The molecule has 3 rings (SSSR count). The Hall–Kier alpha value is -1.72. The van der Waals surface area contributed by atoms with Crippen LogP contribution >= 0.6 is 22.9 Å². The van der Waals surface area contributed by atoms with E-state index in [2.05, 4.69) is 4.98 Å². The predicted octanol–water partition coefficient (Wildman–Crippen LogP) is 2.65. The Morgan fingerprint density at radius 2 is 2.10 bits per heavy atom. The van der Waals surface area contributed by atoms with Gasteiger partial charge in [0.2, 0.25) is 5.91 Å². The highest BCUT2D eigenvalue weighted by atomic mass is 35.5. The average Bonchev–Trinajstić information content (AvgIpc) is 2.95. The Bertz CT molecular complexity index is 698. The van der Waals surface area contributed by atoms with E-state index in [1.165, 1.54) is 16.2 Å². The normalized spacial score (nSPS) is 14.4. The topological polar surface area (TPSA) is 50.3 Å². The van der Waals surface area contributed by atoms with Crippen LogP contribution < -0.4 is 0 Å². The smallest absolute Gasteiger partial charge is 0.260 e. The van der Waals surface area contributed by atoms with Gasteiger partial charge in [0.1, 0.15) is 0 Å². The zero-order chi connectivity index (χ0) is 14.8. The lowest BCUT2D eigenvalue weighted by atomic mass is 9.98. The molecule has 21 heavy (non-hydrogen) atoms. The quantitative estimate of drug-likeness (QED) is 0.643. The first-order valence-corrected chi connectivity index (χ1v) is 8.02. The third-order valence-electron chi connectivity index (χ3n) is 3.42. The van der Waals surface area contributed by atoms with Crippen LogP contribution in [0.4, 0.5) is 0 Å². The molecule has 1 aromatic carbocycles. The van der Waals surface area contributed by atoms with Crippen molar-refractivity contribution in [2.24, 2.45) is 0 Å². The number of carbonyl (C=O) groups excluding carboxylic acids is 2. The highest BCUT2D eigenvalue weighted by molar-refractivity contribution is 7.09. The van der Waals surface area contributed by atoms with Gasteiger partial charge in [-0.2, -0.15) is 0 Å². The number of halogens is 1. The molecule has 0 bridgehead atoms. The van der Waals surface area contributed by atoms with Crippen LogP contribution in [-0.2, 0) is 23.5 Å². The Labute approximate surface area is 131 Å². The van der Waals surface area contributed by atoms with E-state index < -0.39 is 0 Å². The zero-order valence-corrected chi connectivity index (χ0v) is 12.8. The van der Waals surface area contributed by atoms with Crippen LogP contribution in [-0.4, -0.2) is 28.2 Å². The number of hydrogen-bond acceptors (Lipinski definition) is 4. The minimum absolute atomic E-state index is 0.146. The summed E-state index contributed by atoms with van der Waals surface area (Å²) in [6.07, 6.45) is 0.855. The van der Waals surface area contributed by atoms with Crippen LogP contribution in [0.5, 0.6) is 0 Å². The first kappa shape index (κ1) is 14.2. The van der Waals surface area contributed by atoms with Crippen LogP contribution in [0.1, 0.15) is 26.6 Å². The summed E-state index contributed by atoms with van der Waals surface area (Å²) in [5.74, 6) is 0.0228. The van der Waals surface area contributed by atoms with Gasteiger partial charge in [-0.3, -0.25) is 14.5 Å². The van der Waals surface area contributed by atoms with E-state index in [4.69, 9.17) is 11.6 Å². The van der Waals surface area contributed by atoms with Gasteiger partial charge in [-0.15, -0.1) is 22.9 Å². The van der Waals surface area contributed by atoms with Gasteiger partial charge in [0, 0.05) is 23.9 Å². The highest BCUT2D eigenvalue weighted by Gasteiger charge is 2.30. The van der Waals surface area contributed by atoms with Crippen molar-refractivity contribution in [3.63, 3.8) is 0 Å². The maximum absolute atomic E-state index is 12.4. The van der Waals surface area contributed by atoms with E-state index in [-0.39, 0.29) is 18.2 Å². The number of nitrogens with zero attached hydrogens (tertiary/aromatic N) is 2. The molecule has 0 fully saturated rings. The molecular weight excluding hydrogens is 308 g/mol. The summed E-state index contributed by atoms with van der Waals surface area (Å²) >= 11 is 7.22. The van der Waals surface area contributed by atoms with Crippen LogP contribution in [0.25, 0.3) is 0 Å². The standard InChI is InChI=1S/C15H13ClN2O2S/c16-8-11-9-21-13(17-11)5-6-18-14(19)7-10-3-1-2-4-12(10)15(18)20/h1-4,9H,5-8H2. The molecule has 2 heterocycles. The molecule has 1 aliphatic rings. The molecule has 0 N–H and O–H groups in total. The maximum atomic E-state index is 12.4. The summed E-state index contributed by atoms with van der Waals surface area (Å²) in [4.78, 5) is 30.2. The van der Waals surface area contributed by atoms with Crippen molar-refractivity contribution in [2.75, 3.05) is 6.54 Å². The minimum atomic E-state index is -0.212. The fourth-order valence-electron chi connectivity index (χ4n) is 2.36. The van der Waals surface area contributed by atoms with E-state index in [0.29, 0.717) is 24.4 Å². The summed E-state index contributed by atoms with van der Waals surface area (Å²) in [6.45, 7) is 0.362. The predicted molar refractivity (Wildman–Crippen MR) is 81.6 cm³/mol. The lowest BCUT2D eigenvalue weighted by molar-refractivity contribution is -0.128. The fourth-order valence-corrected chi connectivity index (χ4v) is 3.37. The summed E-state index contributed by atoms with van der Waals surface area (Å²) in [7, 11) is 0. The number of hydrogen-bond donors (Lipinski definition) is 0. The molecule has 0 atom stereocenters. The second kappa shape index (κ2) is 5.95. The van der Waals surface area contributed by atoms with Gasteiger partial charge in [0.15, 0.2) is 0 Å². The van der Waals surface area contributed by atoms with Gasteiger partial charge in [-0.05, 0) is 11.6 Å². The molecule has 1 aromatic heterocycles. The molecule has 0 spiro atoms. The van der Waals surface area contributed by atoms with Gasteiger partial charge >= 0.3 is 0 Å². The molecule has 0 unspecified atom stereocenters. The molecule has 1 aliphatic heterocycles. The molecule has 0 saturated heterocycles. The van der Waals surface area contributed by atoms with Crippen molar-refractivity contribution in [1.29, 1.82) is 0 Å². The third-order valence-corrected chi connectivity index (χ3v) is 4.65. The summed E-state index contributed by atoms with van der Waals surface area (Å²) in [5, 5.41) is 2.79. The number of benzene rings is 1. The summed E-state index contributed by atoms with van der Waals surface area (Å²) < 4.78 is 0. The number of fused-ring (bicyclic) bond motifs is 1. The largest absolute Gasteiger partial charge is 0.278 e. The van der Waals surface area contributed by atoms with Crippen molar-refractivity contribution < 1.29 is 9.59 Å². The lowest BCUT2D eigenvalue weighted by Gasteiger charge is -2.26. The summed E-state index contributed by atoms with van der Waals surface area (Å²) in [5.41, 5.74) is 2.26. The van der Waals surface area contributed by atoms with Gasteiger partial charge in [-0.1, -0.05) is 18.2 Å². The Morgan fingerprint density at radius 1 is 1.29 bits per heavy atom. The van der Waals surface area contributed by atoms with E-state index in [1.807, 2.05) is 23.6 Å². The van der Waals surface area contributed by atoms with Crippen LogP contribution in [0, 0.1) is 0 Å². The molecular formula is C15H13ClN2O2S. The summed E-state index contributed by atoms with van der Waals surface area (Å²) in [6, 6.07) is 7.26.